The minimum atomic E-state index is -1.05. The van der Waals surface area contributed by atoms with Crippen molar-refractivity contribution in [3.05, 3.63) is 69.4 Å². The second-order valence-electron chi connectivity index (χ2n) is 8.72. The Hall–Kier alpha value is -2.38. The van der Waals surface area contributed by atoms with E-state index in [1.807, 2.05) is 20.8 Å². The van der Waals surface area contributed by atoms with Crippen molar-refractivity contribution in [2.75, 3.05) is 13.1 Å². The highest BCUT2D eigenvalue weighted by molar-refractivity contribution is 6.30. The molecule has 1 fully saturated rings. The van der Waals surface area contributed by atoms with Crippen LogP contribution in [0.1, 0.15) is 32.4 Å². The molecule has 1 N–H and O–H groups in total. The Morgan fingerprint density at radius 1 is 1.27 bits per heavy atom. The van der Waals surface area contributed by atoms with Crippen LogP contribution < -0.4 is 5.56 Å². The van der Waals surface area contributed by atoms with Crippen molar-refractivity contribution in [1.82, 2.24) is 9.47 Å². The summed E-state index contributed by atoms with van der Waals surface area (Å²) in [6.45, 7) is 6.48. The number of amides is 1. The van der Waals surface area contributed by atoms with Crippen LogP contribution in [0.15, 0.2) is 47.4 Å². The quantitative estimate of drug-likeness (QED) is 0.772. The number of pyridine rings is 1. The fraction of sp³-hybridized carbons (Fsp3) is 0.455. The maximum Gasteiger partial charge on any atom is 0.407 e. The van der Waals surface area contributed by atoms with Gasteiger partial charge in [0.1, 0.15) is 5.82 Å². The molecule has 1 aliphatic heterocycles. The van der Waals surface area contributed by atoms with Gasteiger partial charge in [-0.3, -0.25) is 4.79 Å². The Morgan fingerprint density at radius 2 is 2.00 bits per heavy atom. The number of halogens is 2. The first kappa shape index (κ1) is 22.3. The number of hydrogen-bond donors (Lipinski definition) is 1. The van der Waals surface area contributed by atoms with Crippen LogP contribution in [-0.2, 0) is 11.3 Å². The summed E-state index contributed by atoms with van der Waals surface area (Å²) in [5.74, 6) is -0.978. The van der Waals surface area contributed by atoms with E-state index < -0.39 is 30.0 Å². The van der Waals surface area contributed by atoms with Crippen LogP contribution in [0.4, 0.5) is 9.18 Å². The molecule has 1 aromatic heterocycles. The van der Waals surface area contributed by atoms with Gasteiger partial charge in [0.2, 0.25) is 0 Å². The van der Waals surface area contributed by atoms with Crippen LogP contribution in [0.25, 0.3) is 0 Å². The number of nitrogens with zero attached hydrogens (tertiary/aromatic N) is 2. The van der Waals surface area contributed by atoms with Crippen LogP contribution in [0, 0.1) is 17.2 Å². The molecule has 3 atom stereocenters. The maximum atomic E-state index is 14.2. The molecule has 0 bridgehead atoms. The number of rotatable bonds is 3. The lowest BCUT2D eigenvalue weighted by Gasteiger charge is -2.34. The summed E-state index contributed by atoms with van der Waals surface area (Å²) in [5, 5.41) is 9.75. The maximum absolute atomic E-state index is 14.2. The predicted molar refractivity (Wildman–Crippen MR) is 112 cm³/mol. The predicted octanol–water partition coefficient (Wildman–Crippen LogP) is 4.42. The van der Waals surface area contributed by atoms with Crippen molar-refractivity contribution in [2.24, 2.45) is 11.3 Å². The zero-order valence-corrected chi connectivity index (χ0v) is 18.0. The minimum absolute atomic E-state index is 0.00253. The lowest BCUT2D eigenvalue weighted by atomic mass is 9.88. The zero-order chi connectivity index (χ0) is 22.1. The lowest BCUT2D eigenvalue weighted by molar-refractivity contribution is -0.0789. The molecule has 1 amide bonds. The van der Waals surface area contributed by atoms with Gasteiger partial charge in [-0.15, -0.1) is 0 Å². The van der Waals surface area contributed by atoms with Crippen LogP contribution in [0.2, 0.25) is 5.02 Å². The van der Waals surface area contributed by atoms with Gasteiger partial charge in [-0.1, -0.05) is 44.5 Å². The van der Waals surface area contributed by atoms with Gasteiger partial charge in [-0.05, 0) is 29.2 Å². The average Bonchev–Trinajstić information content (AvgIpc) is 2.86. The third-order valence-corrected chi connectivity index (χ3v) is 5.73. The van der Waals surface area contributed by atoms with E-state index in [4.69, 9.17) is 16.3 Å². The molecule has 1 aromatic carbocycles. The number of aromatic nitrogens is 1. The number of benzene rings is 1. The molecule has 2 heterocycles. The van der Waals surface area contributed by atoms with Crippen molar-refractivity contribution < 1.29 is 19.0 Å². The minimum Gasteiger partial charge on any atom is -0.465 e. The van der Waals surface area contributed by atoms with Gasteiger partial charge in [-0.2, -0.15) is 0 Å². The molecule has 0 aliphatic carbocycles. The van der Waals surface area contributed by atoms with Gasteiger partial charge >= 0.3 is 6.09 Å². The molecule has 3 rings (SSSR count). The highest BCUT2D eigenvalue weighted by Gasteiger charge is 2.40. The van der Waals surface area contributed by atoms with E-state index >= 15 is 0 Å². The standard InChI is InChI=1S/C22H26ClFN2O4/c1-22(2,3)18-13-26(21(28)29)12-15(11-25-9-5-4-6-19(25)27)20(30-18)14-7-8-16(23)17(24)10-14/h4-10,15,18,20H,11-13H2,1-3H3,(H,28,29)/t15-,18?,20-/m0/s1. The number of hydrogen-bond acceptors (Lipinski definition) is 3. The van der Waals surface area contributed by atoms with Gasteiger partial charge < -0.3 is 19.3 Å². The number of carbonyl (C=O) groups is 1. The highest BCUT2D eigenvalue weighted by atomic mass is 35.5. The Labute approximate surface area is 179 Å². The second kappa shape index (κ2) is 8.78. The summed E-state index contributed by atoms with van der Waals surface area (Å²) >= 11 is 5.86. The Balaban J connectivity index is 2.07. The van der Waals surface area contributed by atoms with Gasteiger partial charge in [0, 0.05) is 31.3 Å². The fourth-order valence-electron chi connectivity index (χ4n) is 3.68. The van der Waals surface area contributed by atoms with Crippen LogP contribution >= 0.6 is 11.6 Å². The van der Waals surface area contributed by atoms with E-state index in [1.54, 1.807) is 24.4 Å². The van der Waals surface area contributed by atoms with Crippen LogP contribution in [0.5, 0.6) is 0 Å². The highest BCUT2D eigenvalue weighted by Crippen LogP contribution is 2.38. The molecule has 0 radical (unpaired) electrons. The van der Waals surface area contributed by atoms with E-state index in [2.05, 4.69) is 0 Å². The molecule has 1 unspecified atom stereocenters. The monoisotopic (exact) mass is 436 g/mol. The van der Waals surface area contributed by atoms with Crippen molar-refractivity contribution in [3.63, 3.8) is 0 Å². The average molecular weight is 437 g/mol. The summed E-state index contributed by atoms with van der Waals surface area (Å²) in [5.41, 5.74) is 0.0134. The summed E-state index contributed by atoms with van der Waals surface area (Å²) in [7, 11) is 0. The van der Waals surface area contributed by atoms with E-state index in [1.165, 1.54) is 27.7 Å². The molecule has 1 aliphatic rings. The van der Waals surface area contributed by atoms with Crippen LogP contribution in [0.3, 0.4) is 0 Å². The van der Waals surface area contributed by atoms with Gasteiger partial charge in [0.25, 0.3) is 5.56 Å². The third-order valence-electron chi connectivity index (χ3n) is 5.42. The lowest BCUT2D eigenvalue weighted by Crippen LogP contribution is -2.42. The molecule has 1 saturated heterocycles. The molecule has 2 aromatic rings. The second-order valence-corrected chi connectivity index (χ2v) is 9.13. The topological polar surface area (TPSA) is 71.8 Å². The van der Waals surface area contributed by atoms with E-state index in [0.29, 0.717) is 5.56 Å². The smallest absolute Gasteiger partial charge is 0.407 e. The van der Waals surface area contributed by atoms with Crippen molar-refractivity contribution in [1.29, 1.82) is 0 Å². The summed E-state index contributed by atoms with van der Waals surface area (Å²) in [4.78, 5) is 25.5. The fourth-order valence-corrected chi connectivity index (χ4v) is 3.79. The molecule has 162 valence electrons. The first-order valence-corrected chi connectivity index (χ1v) is 10.2. The third kappa shape index (κ3) is 5.02. The molecule has 0 saturated carbocycles. The van der Waals surface area contributed by atoms with Crippen molar-refractivity contribution in [3.8, 4) is 0 Å². The normalized spacial score (nSPS) is 22.6. The molecular weight excluding hydrogens is 411 g/mol. The van der Waals surface area contributed by atoms with E-state index in [-0.39, 0.29) is 35.6 Å². The molecule has 6 nitrogen and oxygen atoms in total. The number of carboxylic acid groups (broad SMARTS) is 1. The van der Waals surface area contributed by atoms with Gasteiger partial charge in [0.15, 0.2) is 0 Å². The first-order valence-electron chi connectivity index (χ1n) is 9.80. The van der Waals surface area contributed by atoms with Crippen molar-refractivity contribution in [2.45, 2.75) is 39.5 Å². The summed E-state index contributed by atoms with van der Waals surface area (Å²) < 4.78 is 22.2. The van der Waals surface area contributed by atoms with E-state index in [9.17, 15) is 19.1 Å². The molecule has 0 spiro atoms. The molecule has 30 heavy (non-hydrogen) atoms. The molecular formula is C22H26ClFN2O4. The molecule has 8 heteroatoms. The SMILES string of the molecule is CC(C)(C)C1CN(C(=O)O)C[C@H](Cn2ccccc2=O)[C@H](c2ccc(Cl)c(F)c2)O1. The Bertz CT molecular complexity index is 972. The van der Waals surface area contributed by atoms with Gasteiger partial charge in [-0.25, -0.2) is 9.18 Å². The Morgan fingerprint density at radius 3 is 2.60 bits per heavy atom. The first-order chi connectivity index (χ1) is 14.1. The zero-order valence-electron chi connectivity index (χ0n) is 17.2. The Kier molecular flexibility index (Phi) is 6.53. The van der Waals surface area contributed by atoms with Crippen molar-refractivity contribution >= 4 is 17.7 Å². The largest absolute Gasteiger partial charge is 0.465 e. The summed E-state index contributed by atoms with van der Waals surface area (Å²) in [6, 6.07) is 9.31. The number of ether oxygens (including phenoxy) is 1. The van der Waals surface area contributed by atoms with Gasteiger partial charge in [0.05, 0.1) is 23.8 Å². The van der Waals surface area contributed by atoms with Crippen LogP contribution in [-0.4, -0.2) is 39.9 Å². The van der Waals surface area contributed by atoms with E-state index in [0.717, 1.165) is 0 Å². The summed E-state index contributed by atoms with van der Waals surface area (Å²) in [6.07, 6.45) is -0.438.